The van der Waals surface area contributed by atoms with Crippen molar-refractivity contribution in [2.75, 3.05) is 19.7 Å². The number of rotatable bonds is 4. The largest absolute Gasteiger partial charge is 0.476 e. The third-order valence-electron chi connectivity index (χ3n) is 4.62. The van der Waals surface area contributed by atoms with Crippen molar-refractivity contribution >= 4 is 10.9 Å². The van der Waals surface area contributed by atoms with E-state index in [0.717, 1.165) is 38.1 Å². The second kappa shape index (κ2) is 6.99. The number of piperidine rings is 1. The Labute approximate surface area is 148 Å². The van der Waals surface area contributed by atoms with E-state index in [4.69, 9.17) is 4.74 Å². The van der Waals surface area contributed by atoms with Gasteiger partial charge in [0.2, 0.25) is 5.88 Å². The van der Waals surface area contributed by atoms with E-state index < -0.39 is 17.5 Å². The molecule has 1 atom stereocenters. The lowest BCUT2D eigenvalue weighted by atomic mass is 10.0. The van der Waals surface area contributed by atoms with Crippen LogP contribution < -0.4 is 10.1 Å². The molecule has 0 aliphatic carbocycles. The molecule has 0 spiro atoms. The molecule has 1 N–H and O–H groups in total. The molecule has 136 valence electrons. The van der Waals surface area contributed by atoms with Gasteiger partial charge in [0, 0.05) is 18.5 Å². The van der Waals surface area contributed by atoms with Crippen LogP contribution in [-0.4, -0.2) is 29.5 Å². The highest BCUT2D eigenvalue weighted by molar-refractivity contribution is 5.86. The van der Waals surface area contributed by atoms with E-state index in [0.29, 0.717) is 18.0 Å². The van der Waals surface area contributed by atoms with Gasteiger partial charge in [0.05, 0.1) is 17.5 Å². The molecule has 4 rings (SSSR count). The maximum absolute atomic E-state index is 14.4. The van der Waals surface area contributed by atoms with E-state index in [1.807, 2.05) is 0 Å². The van der Waals surface area contributed by atoms with Crippen LogP contribution in [0.25, 0.3) is 16.6 Å². The number of nitrogens with zero attached hydrogens (tertiary/aromatic N) is 2. The first-order chi connectivity index (χ1) is 12.6. The summed E-state index contributed by atoms with van der Waals surface area (Å²) in [7, 11) is 0. The zero-order valence-corrected chi connectivity index (χ0v) is 14.0. The summed E-state index contributed by atoms with van der Waals surface area (Å²) in [5.41, 5.74) is 0.406. The normalized spacial score (nSPS) is 17.6. The van der Waals surface area contributed by atoms with Gasteiger partial charge >= 0.3 is 0 Å². The summed E-state index contributed by atoms with van der Waals surface area (Å²) in [6, 6.07) is 7.65. The molecular formula is C19H18F3N3O. The molecule has 0 saturated carbocycles. The Kier molecular flexibility index (Phi) is 4.55. The lowest BCUT2D eigenvalue weighted by Gasteiger charge is -2.22. The fraction of sp³-hybridized carbons (Fsp3) is 0.316. The molecule has 0 amide bonds. The van der Waals surface area contributed by atoms with Gasteiger partial charge in [-0.25, -0.2) is 17.9 Å². The van der Waals surface area contributed by atoms with Gasteiger partial charge in [-0.05, 0) is 43.7 Å². The zero-order chi connectivity index (χ0) is 18.1. The van der Waals surface area contributed by atoms with Gasteiger partial charge in [0.25, 0.3) is 0 Å². The van der Waals surface area contributed by atoms with E-state index in [1.165, 1.54) is 22.9 Å². The molecule has 1 aliphatic rings. The van der Waals surface area contributed by atoms with Crippen LogP contribution in [-0.2, 0) is 0 Å². The summed E-state index contributed by atoms with van der Waals surface area (Å²) < 4.78 is 48.9. The van der Waals surface area contributed by atoms with Crippen LogP contribution in [0.15, 0.2) is 36.4 Å². The van der Waals surface area contributed by atoms with Crippen LogP contribution in [0.3, 0.4) is 0 Å². The molecule has 26 heavy (non-hydrogen) atoms. The molecule has 1 aromatic heterocycles. The van der Waals surface area contributed by atoms with Crippen molar-refractivity contribution in [1.82, 2.24) is 15.1 Å². The first-order valence-electron chi connectivity index (χ1n) is 8.59. The minimum Gasteiger partial charge on any atom is -0.476 e. The first-order valence-corrected chi connectivity index (χ1v) is 8.59. The molecule has 4 nitrogen and oxygen atoms in total. The predicted molar refractivity (Wildman–Crippen MR) is 92.0 cm³/mol. The van der Waals surface area contributed by atoms with Gasteiger partial charge in [-0.2, -0.15) is 0 Å². The Hall–Kier alpha value is -2.54. The van der Waals surface area contributed by atoms with Crippen molar-refractivity contribution in [3.05, 3.63) is 53.8 Å². The summed E-state index contributed by atoms with van der Waals surface area (Å²) in [5, 5.41) is 7.76. The zero-order valence-electron chi connectivity index (χ0n) is 14.0. The number of hydrogen-bond acceptors (Lipinski definition) is 3. The highest BCUT2D eigenvalue weighted by Gasteiger charge is 2.21. The summed E-state index contributed by atoms with van der Waals surface area (Å²) in [5.74, 6) is -1.52. The lowest BCUT2D eigenvalue weighted by molar-refractivity contribution is 0.213. The number of ether oxygens (including phenoxy) is 1. The minimum atomic E-state index is -0.776. The van der Waals surface area contributed by atoms with Gasteiger partial charge in [0.15, 0.2) is 5.82 Å². The molecule has 2 aromatic carbocycles. The Morgan fingerprint density at radius 2 is 2.04 bits per heavy atom. The second-order valence-corrected chi connectivity index (χ2v) is 6.47. The molecule has 0 bridgehead atoms. The third kappa shape index (κ3) is 3.14. The number of halogens is 3. The average Bonchev–Trinajstić information content (AvgIpc) is 3.01. The smallest absolute Gasteiger partial charge is 0.244 e. The maximum atomic E-state index is 14.4. The SMILES string of the molecule is Fc1ccc(-n2nc(OC[C@H]3CCCNC3)c3c(F)cccc32)c(F)c1. The lowest BCUT2D eigenvalue weighted by Crippen LogP contribution is -2.33. The van der Waals surface area contributed by atoms with Crippen molar-refractivity contribution in [3.8, 4) is 11.6 Å². The molecule has 1 fully saturated rings. The predicted octanol–water partition coefficient (Wildman–Crippen LogP) is 3.82. The average molecular weight is 361 g/mol. The molecular weight excluding hydrogens is 343 g/mol. The Balaban J connectivity index is 1.73. The Morgan fingerprint density at radius 3 is 2.81 bits per heavy atom. The molecule has 2 heterocycles. The summed E-state index contributed by atoms with van der Waals surface area (Å²) >= 11 is 0. The quantitative estimate of drug-likeness (QED) is 0.768. The molecule has 3 aromatic rings. The fourth-order valence-electron chi connectivity index (χ4n) is 3.30. The molecule has 1 saturated heterocycles. The van der Waals surface area contributed by atoms with Crippen LogP contribution in [0.2, 0.25) is 0 Å². The number of fused-ring (bicyclic) bond motifs is 1. The van der Waals surface area contributed by atoms with Crippen molar-refractivity contribution in [2.45, 2.75) is 12.8 Å². The van der Waals surface area contributed by atoms with Gasteiger partial charge < -0.3 is 10.1 Å². The van der Waals surface area contributed by atoms with Gasteiger partial charge in [-0.3, -0.25) is 0 Å². The van der Waals surface area contributed by atoms with E-state index in [9.17, 15) is 13.2 Å². The minimum absolute atomic E-state index is 0.0381. The number of hydrogen-bond donors (Lipinski definition) is 1. The van der Waals surface area contributed by atoms with E-state index >= 15 is 0 Å². The maximum Gasteiger partial charge on any atom is 0.244 e. The highest BCUT2D eigenvalue weighted by atomic mass is 19.1. The summed E-state index contributed by atoms with van der Waals surface area (Å²) in [6.45, 7) is 2.24. The standard InChI is InChI=1S/C19H18F3N3O/c20-13-6-7-16(15(22)9-13)25-17-5-1-4-14(21)18(17)19(24-25)26-11-12-3-2-8-23-10-12/h1,4-7,9,12,23H,2-3,8,10-11H2/t12-/m0/s1. The molecule has 0 unspecified atom stereocenters. The van der Waals surface area contributed by atoms with E-state index in [-0.39, 0.29) is 17.0 Å². The van der Waals surface area contributed by atoms with Crippen molar-refractivity contribution in [2.24, 2.45) is 5.92 Å². The highest BCUT2D eigenvalue weighted by Crippen LogP contribution is 2.31. The van der Waals surface area contributed by atoms with Crippen molar-refractivity contribution in [1.29, 1.82) is 0 Å². The third-order valence-corrected chi connectivity index (χ3v) is 4.62. The summed E-state index contributed by atoms with van der Waals surface area (Å²) in [4.78, 5) is 0. The fourth-order valence-corrected chi connectivity index (χ4v) is 3.30. The summed E-state index contributed by atoms with van der Waals surface area (Å²) in [6.07, 6.45) is 2.10. The number of aromatic nitrogens is 2. The molecule has 1 aliphatic heterocycles. The van der Waals surface area contributed by atoms with Crippen LogP contribution in [0.1, 0.15) is 12.8 Å². The van der Waals surface area contributed by atoms with Gasteiger partial charge in [-0.1, -0.05) is 6.07 Å². The Bertz CT molecular complexity index is 935. The van der Waals surface area contributed by atoms with Crippen LogP contribution in [0, 0.1) is 23.4 Å². The van der Waals surface area contributed by atoms with Crippen LogP contribution in [0.5, 0.6) is 5.88 Å². The second-order valence-electron chi connectivity index (χ2n) is 6.47. The van der Waals surface area contributed by atoms with Crippen LogP contribution >= 0.6 is 0 Å². The topological polar surface area (TPSA) is 39.1 Å². The van der Waals surface area contributed by atoms with E-state index in [1.54, 1.807) is 6.07 Å². The first kappa shape index (κ1) is 16.9. The van der Waals surface area contributed by atoms with Gasteiger partial charge in [-0.15, -0.1) is 5.10 Å². The molecule has 7 heteroatoms. The Morgan fingerprint density at radius 1 is 1.15 bits per heavy atom. The van der Waals surface area contributed by atoms with Crippen molar-refractivity contribution in [3.63, 3.8) is 0 Å². The number of benzene rings is 2. The van der Waals surface area contributed by atoms with E-state index in [2.05, 4.69) is 10.4 Å². The number of nitrogens with one attached hydrogen (secondary N) is 1. The van der Waals surface area contributed by atoms with Gasteiger partial charge in [0.1, 0.15) is 17.3 Å². The molecule has 0 radical (unpaired) electrons. The van der Waals surface area contributed by atoms with Crippen molar-refractivity contribution < 1.29 is 17.9 Å². The monoisotopic (exact) mass is 361 g/mol. The van der Waals surface area contributed by atoms with Crippen LogP contribution in [0.4, 0.5) is 13.2 Å².